The molecule has 0 unspecified atom stereocenters. The fourth-order valence-electron chi connectivity index (χ4n) is 1.37. The largest absolute Gasteiger partial charge is 0.506 e. The normalized spacial score (nSPS) is 10.8. The molecule has 4 nitrogen and oxygen atoms in total. The zero-order chi connectivity index (χ0) is 9.26. The molecule has 0 aliphatic heterocycles. The van der Waals surface area contributed by atoms with Crippen LogP contribution in [0.3, 0.4) is 0 Å². The molecule has 4 heteroatoms. The number of nitrogens with zero attached hydrogens (tertiary/aromatic N) is 2. The van der Waals surface area contributed by atoms with Crippen LogP contribution in [0.25, 0.3) is 5.52 Å². The first kappa shape index (κ1) is 8.07. The average Bonchev–Trinajstić information content (AvgIpc) is 2.51. The number of rotatable bonds is 2. The van der Waals surface area contributed by atoms with E-state index in [2.05, 4.69) is 4.98 Å². The van der Waals surface area contributed by atoms with E-state index < -0.39 is 0 Å². The molecule has 0 aromatic carbocycles. The molecular weight excluding hydrogens is 166 g/mol. The molecular formula is C9H11N3O. The van der Waals surface area contributed by atoms with Crippen LogP contribution in [0.5, 0.6) is 5.75 Å². The molecule has 0 bridgehead atoms. The molecule has 2 aromatic heterocycles. The Morgan fingerprint density at radius 1 is 1.54 bits per heavy atom. The standard InChI is InChI=1S/C9H11N3O/c10-4-3-9-11-6-7-8(13)2-1-5-12(7)9/h1-2,5-6,13H,3-4,10H2. The van der Waals surface area contributed by atoms with E-state index in [1.54, 1.807) is 18.3 Å². The lowest BCUT2D eigenvalue weighted by Crippen LogP contribution is -2.05. The minimum absolute atomic E-state index is 0.248. The first-order valence-electron chi connectivity index (χ1n) is 4.17. The number of hydrogen-bond acceptors (Lipinski definition) is 3. The molecule has 2 heterocycles. The van der Waals surface area contributed by atoms with E-state index in [9.17, 15) is 5.11 Å². The fourth-order valence-corrected chi connectivity index (χ4v) is 1.37. The molecule has 0 aliphatic carbocycles. The molecule has 0 saturated carbocycles. The van der Waals surface area contributed by atoms with E-state index >= 15 is 0 Å². The van der Waals surface area contributed by atoms with Crippen LogP contribution < -0.4 is 5.73 Å². The minimum Gasteiger partial charge on any atom is -0.506 e. The van der Waals surface area contributed by atoms with Crippen LogP contribution in [-0.2, 0) is 6.42 Å². The summed E-state index contributed by atoms with van der Waals surface area (Å²) in [6.07, 6.45) is 4.24. The van der Waals surface area contributed by atoms with Gasteiger partial charge in [0.25, 0.3) is 0 Å². The number of hydrogen-bond donors (Lipinski definition) is 2. The van der Waals surface area contributed by atoms with Crippen molar-refractivity contribution in [2.75, 3.05) is 6.54 Å². The van der Waals surface area contributed by atoms with Crippen molar-refractivity contribution in [2.45, 2.75) is 6.42 Å². The summed E-state index contributed by atoms with van der Waals surface area (Å²) in [6.45, 7) is 0.564. The quantitative estimate of drug-likeness (QED) is 0.703. The number of fused-ring (bicyclic) bond motifs is 1. The number of imidazole rings is 1. The van der Waals surface area contributed by atoms with E-state index in [1.807, 2.05) is 10.6 Å². The van der Waals surface area contributed by atoms with Crippen LogP contribution in [0, 0.1) is 0 Å². The molecule has 3 N–H and O–H groups in total. The summed E-state index contributed by atoms with van der Waals surface area (Å²) in [5.74, 6) is 1.13. The highest BCUT2D eigenvalue weighted by Gasteiger charge is 2.04. The van der Waals surface area contributed by atoms with Crippen LogP contribution in [0.2, 0.25) is 0 Å². The first-order chi connectivity index (χ1) is 6.33. The summed E-state index contributed by atoms with van der Waals surface area (Å²) in [6, 6.07) is 3.42. The number of pyridine rings is 1. The third kappa shape index (κ3) is 1.25. The maximum Gasteiger partial charge on any atom is 0.141 e. The lowest BCUT2D eigenvalue weighted by Gasteiger charge is -1.99. The van der Waals surface area contributed by atoms with Gasteiger partial charge in [0, 0.05) is 12.6 Å². The highest BCUT2D eigenvalue weighted by atomic mass is 16.3. The second kappa shape index (κ2) is 3.06. The maximum atomic E-state index is 9.46. The molecule has 0 saturated heterocycles. The minimum atomic E-state index is 0.248. The topological polar surface area (TPSA) is 63.5 Å². The Bertz CT molecular complexity index is 422. The van der Waals surface area contributed by atoms with Crippen LogP contribution in [0.4, 0.5) is 0 Å². The second-order valence-electron chi connectivity index (χ2n) is 2.86. The Labute approximate surface area is 75.6 Å². The van der Waals surface area contributed by atoms with Crippen LogP contribution >= 0.6 is 0 Å². The first-order valence-corrected chi connectivity index (χ1v) is 4.17. The molecule has 13 heavy (non-hydrogen) atoms. The highest BCUT2D eigenvalue weighted by Crippen LogP contribution is 2.18. The van der Waals surface area contributed by atoms with Crippen molar-refractivity contribution < 1.29 is 5.11 Å². The number of aromatic nitrogens is 2. The van der Waals surface area contributed by atoms with E-state index in [0.717, 1.165) is 17.8 Å². The van der Waals surface area contributed by atoms with Crippen molar-refractivity contribution >= 4 is 5.52 Å². The van der Waals surface area contributed by atoms with E-state index in [0.29, 0.717) is 6.54 Å². The monoisotopic (exact) mass is 177 g/mol. The van der Waals surface area contributed by atoms with Crippen molar-refractivity contribution in [3.05, 3.63) is 30.4 Å². The van der Waals surface area contributed by atoms with Gasteiger partial charge in [0.05, 0.1) is 6.20 Å². The Kier molecular flexibility index (Phi) is 1.90. The fraction of sp³-hybridized carbons (Fsp3) is 0.222. The zero-order valence-corrected chi connectivity index (χ0v) is 7.14. The molecule has 0 aliphatic rings. The third-order valence-corrected chi connectivity index (χ3v) is 1.99. The van der Waals surface area contributed by atoms with Crippen LogP contribution in [0.1, 0.15) is 5.82 Å². The van der Waals surface area contributed by atoms with Gasteiger partial charge >= 0.3 is 0 Å². The molecule has 2 rings (SSSR count). The van der Waals surface area contributed by atoms with Gasteiger partial charge in [-0.05, 0) is 18.7 Å². The Hall–Kier alpha value is -1.55. The van der Waals surface area contributed by atoms with Crippen molar-refractivity contribution in [2.24, 2.45) is 5.73 Å². The molecule has 2 aromatic rings. The summed E-state index contributed by atoms with van der Waals surface area (Å²) in [4.78, 5) is 4.17. The van der Waals surface area contributed by atoms with Crippen LogP contribution in [-0.4, -0.2) is 21.0 Å². The zero-order valence-electron chi connectivity index (χ0n) is 7.14. The molecule has 0 amide bonds. The smallest absolute Gasteiger partial charge is 0.141 e. The van der Waals surface area contributed by atoms with Gasteiger partial charge in [-0.2, -0.15) is 0 Å². The molecule has 0 atom stereocenters. The Morgan fingerprint density at radius 3 is 3.15 bits per heavy atom. The summed E-state index contributed by atoms with van der Waals surface area (Å²) in [7, 11) is 0. The Balaban J connectivity index is 2.61. The van der Waals surface area contributed by atoms with E-state index in [1.165, 1.54) is 0 Å². The molecule has 0 fully saturated rings. The summed E-state index contributed by atoms with van der Waals surface area (Å²) in [5.41, 5.74) is 6.16. The summed E-state index contributed by atoms with van der Waals surface area (Å²) >= 11 is 0. The van der Waals surface area contributed by atoms with Gasteiger partial charge in [0.2, 0.25) is 0 Å². The number of aromatic hydroxyl groups is 1. The van der Waals surface area contributed by atoms with Crippen molar-refractivity contribution in [1.29, 1.82) is 0 Å². The van der Waals surface area contributed by atoms with Gasteiger partial charge < -0.3 is 15.2 Å². The Morgan fingerprint density at radius 2 is 2.38 bits per heavy atom. The van der Waals surface area contributed by atoms with Gasteiger partial charge in [0.15, 0.2) is 0 Å². The molecule has 68 valence electrons. The summed E-state index contributed by atoms with van der Waals surface area (Å²) in [5, 5.41) is 9.46. The summed E-state index contributed by atoms with van der Waals surface area (Å²) < 4.78 is 1.85. The second-order valence-corrected chi connectivity index (χ2v) is 2.86. The van der Waals surface area contributed by atoms with Gasteiger partial charge in [0.1, 0.15) is 17.1 Å². The predicted molar refractivity (Wildman–Crippen MR) is 49.6 cm³/mol. The predicted octanol–water partition coefficient (Wildman–Crippen LogP) is 0.541. The van der Waals surface area contributed by atoms with Crippen molar-refractivity contribution in [3.63, 3.8) is 0 Å². The lowest BCUT2D eigenvalue weighted by molar-refractivity contribution is 0.479. The van der Waals surface area contributed by atoms with E-state index in [-0.39, 0.29) is 5.75 Å². The molecule has 0 radical (unpaired) electrons. The SMILES string of the molecule is NCCc1ncc2c(O)cccn12. The van der Waals surface area contributed by atoms with Crippen molar-refractivity contribution in [3.8, 4) is 5.75 Å². The van der Waals surface area contributed by atoms with Gasteiger partial charge in [-0.15, -0.1) is 0 Å². The van der Waals surface area contributed by atoms with Gasteiger partial charge in [-0.1, -0.05) is 0 Å². The number of nitrogens with two attached hydrogens (primary N) is 1. The maximum absolute atomic E-state index is 9.46. The van der Waals surface area contributed by atoms with Crippen LogP contribution in [0.15, 0.2) is 24.5 Å². The third-order valence-electron chi connectivity index (χ3n) is 1.99. The van der Waals surface area contributed by atoms with Gasteiger partial charge in [-0.3, -0.25) is 0 Å². The highest BCUT2D eigenvalue weighted by molar-refractivity contribution is 5.58. The molecule has 0 spiro atoms. The van der Waals surface area contributed by atoms with Gasteiger partial charge in [-0.25, -0.2) is 4.98 Å². The lowest BCUT2D eigenvalue weighted by atomic mass is 10.3. The van der Waals surface area contributed by atoms with E-state index in [4.69, 9.17) is 5.73 Å². The van der Waals surface area contributed by atoms with Crippen molar-refractivity contribution in [1.82, 2.24) is 9.38 Å². The average molecular weight is 177 g/mol.